The maximum absolute atomic E-state index is 16.4. The molecule has 7 aliphatic rings. The third-order valence-corrected chi connectivity index (χ3v) is 23.3. The van der Waals surface area contributed by atoms with Crippen LogP contribution in [0, 0.1) is 5.92 Å². The number of aromatic nitrogens is 1. The highest BCUT2D eigenvalue weighted by molar-refractivity contribution is 7.85. The fourth-order valence-corrected chi connectivity index (χ4v) is 16.5. The normalized spacial score (nSPS) is 25.9. The standard InChI is InChI=1S/C82H90Cl4N12O28S/c1-33(2)15-49(88-5)74(110)96-64-66(104)37-8-11-53(47(85)18-37)122-55-20-39-21-56(70(55)126-81-71(69(107)68(106)57(32-99)124-81)125-59-28-82(4,72(108)34(3)121-59)90-30-35-16-40(31-89-29-35)73(109)91-43-23-41(83)22-42(84)24-43)123-54-12-9-38(19-48(54)86)67(105)65-79(115)95-63(80(116)98-120-13-6-14-127(117,118)119)46-25-44(100)26-52(102)60(46)45-17-36(7-10-51(45)101)61(76(112)97-65)94-77(113)62(39)93-75(111)50(27-58(87)103)92-78(64)114/h7-12,16-26,29,31,33-34,49-50,57,59,61-69,71-72,81,88,90,99-102,104-108H,6,13-15,27-28,30,32H2,1-5H3,(H2,87,103)(H,91,109)(H,92,114)(H,93,111)(H,94,113)(H,95,115)(H,96,110)(H,97,112)(H,98,116)(H,117,118,119)/t34-,49+,50-,57+,59-,61+,62+,63+,64+,65-,66+,67+,68+,69-,71+,72+,81-,82-/m0/s1. The van der Waals surface area contributed by atoms with E-state index in [9.17, 15) is 78.1 Å². The maximum Gasteiger partial charge on any atom is 0.270 e. The van der Waals surface area contributed by atoms with Gasteiger partial charge < -0.3 is 128 Å². The van der Waals surface area contributed by atoms with E-state index in [1.807, 2.05) is 5.48 Å². The number of hydrogen-bond acceptors (Lipinski definition) is 30. The van der Waals surface area contributed by atoms with Gasteiger partial charge in [-0.05, 0) is 152 Å². The number of nitrogens with zero attached hydrogens (tertiary/aromatic N) is 1. The molecule has 0 saturated carbocycles. The monoisotopic (exact) mass is 1860 g/mol. The number of halogens is 4. The van der Waals surface area contributed by atoms with Crippen molar-refractivity contribution in [1.82, 2.24) is 53.0 Å². The Kier molecular flexibility index (Phi) is 30.1. The van der Waals surface area contributed by atoms with Crippen molar-refractivity contribution in [1.29, 1.82) is 0 Å². The number of fused-ring (bicyclic) bond motifs is 15. The number of primary amides is 1. The maximum atomic E-state index is 16.4. The first-order valence-electron chi connectivity index (χ1n) is 39.3. The van der Waals surface area contributed by atoms with Crippen LogP contribution in [-0.2, 0) is 74.1 Å². The number of likely N-dealkylation sites (N-methyl/N-ethyl adjacent to an activating group) is 1. The zero-order valence-corrected chi connectivity index (χ0v) is 71.6. The zero-order valence-electron chi connectivity index (χ0n) is 67.8. The summed E-state index contributed by atoms with van der Waals surface area (Å²) >= 11 is 26.7. The fourth-order valence-electron chi connectivity index (χ4n) is 15.0. The van der Waals surface area contributed by atoms with Crippen LogP contribution < -0.4 is 73.3 Å². The van der Waals surface area contributed by atoms with Gasteiger partial charge in [-0.15, -0.1) is 0 Å². The molecule has 18 atom stereocenters. The smallest absolute Gasteiger partial charge is 0.270 e. The average Bonchev–Trinajstić information content (AvgIpc) is 0.753. The lowest BCUT2D eigenvalue weighted by Gasteiger charge is -2.48. The van der Waals surface area contributed by atoms with E-state index in [0.717, 1.165) is 72.8 Å². The molecule has 7 aromatic rings. The van der Waals surface area contributed by atoms with Crippen molar-refractivity contribution >= 4 is 115 Å². The summed E-state index contributed by atoms with van der Waals surface area (Å²) < 4.78 is 71.9. The van der Waals surface area contributed by atoms with Crippen molar-refractivity contribution in [3.8, 4) is 57.1 Å². The first-order valence-corrected chi connectivity index (χ1v) is 42.5. The number of nitrogens with two attached hydrogens (primary N) is 1. The summed E-state index contributed by atoms with van der Waals surface area (Å²) in [5.41, 5.74) is 4.12. The minimum absolute atomic E-state index is 0.0640. The van der Waals surface area contributed by atoms with E-state index in [2.05, 4.69) is 52.8 Å². The highest BCUT2D eigenvalue weighted by atomic mass is 35.5. The van der Waals surface area contributed by atoms with Crippen LogP contribution >= 0.6 is 46.4 Å². The molecule has 14 rings (SSSR count). The lowest BCUT2D eigenvalue weighted by molar-refractivity contribution is -0.334. The Morgan fingerprint density at radius 3 is 1.98 bits per heavy atom. The largest absolute Gasteiger partial charge is 0.508 e. The van der Waals surface area contributed by atoms with E-state index in [1.54, 1.807) is 20.8 Å². The molecule has 0 unspecified atom stereocenters. The van der Waals surface area contributed by atoms with E-state index < -0.39 is 288 Å². The number of aliphatic hydroxyl groups is 6. The molecule has 2 fully saturated rings. The highest BCUT2D eigenvalue weighted by Crippen LogP contribution is 2.50. The van der Waals surface area contributed by atoms with Crippen molar-refractivity contribution < 1.29 is 135 Å². The van der Waals surface area contributed by atoms with E-state index in [0.29, 0.717) is 11.3 Å². The Bertz CT molecular complexity index is 5500. The minimum atomic E-state index is -4.55. The molecule has 127 heavy (non-hydrogen) atoms. The van der Waals surface area contributed by atoms with Crippen LogP contribution in [-0.4, -0.2) is 222 Å². The molecule has 0 spiro atoms. The molecule has 0 radical (unpaired) electrons. The molecule has 2 saturated heterocycles. The molecule has 40 nitrogen and oxygen atoms in total. The first-order chi connectivity index (χ1) is 60.1. The number of carbonyl (C=O) groups is 9. The number of pyridine rings is 1. The van der Waals surface area contributed by atoms with E-state index >= 15 is 24.0 Å². The summed E-state index contributed by atoms with van der Waals surface area (Å²) in [6, 6.07) is 4.64. The van der Waals surface area contributed by atoms with Crippen LogP contribution in [0.2, 0.25) is 20.1 Å². The van der Waals surface area contributed by atoms with Gasteiger partial charge in [-0.1, -0.05) is 78.5 Å². The fraction of sp³-hybridized carbons (Fsp3) is 0.390. The van der Waals surface area contributed by atoms with Crippen LogP contribution in [0.25, 0.3) is 11.1 Å². The Hall–Kier alpha value is -10.9. The number of benzene rings is 6. The van der Waals surface area contributed by atoms with E-state index in [-0.39, 0.29) is 52.0 Å². The predicted octanol–water partition coefficient (Wildman–Crippen LogP) is 3.13. The van der Waals surface area contributed by atoms with Gasteiger partial charge in [0.1, 0.15) is 95.5 Å². The van der Waals surface area contributed by atoms with Crippen LogP contribution in [0.1, 0.15) is 127 Å². The number of rotatable bonds is 23. The van der Waals surface area contributed by atoms with Gasteiger partial charge in [-0.25, -0.2) is 5.48 Å². The van der Waals surface area contributed by atoms with Crippen LogP contribution in [0.3, 0.4) is 0 Å². The molecule has 680 valence electrons. The second kappa shape index (κ2) is 40.2. The number of carbonyl (C=O) groups excluding carboxylic acids is 9. The second-order valence-electron chi connectivity index (χ2n) is 31.3. The number of hydrogen-bond donors (Lipinski definition) is 21. The van der Waals surface area contributed by atoms with Gasteiger partial charge in [0.05, 0.1) is 59.2 Å². The SMILES string of the molecule is CN[C@H](CC(C)C)C(=O)N[C@H]1C(=O)N[C@@H](CC(N)=O)C(=O)N[C@H]2C(=O)N[C@H]3C(=O)N[C@H](C(=O)N[C@@H](C(=O)NOCCCS(=O)(=O)O)c4cc(O)cc(O)c4-c4cc3ccc4O)[C@H](O)c3ccc(c(Cl)c3)Oc3cc2cc(c3O[C@@H]2O[C@H](CO)[C@@H](O)[C@H](O)[C@H]2O[C@H]2C[C@](C)(NCc3cncc(C(=O)Nc4cc(Cl)cc(Cl)c4)c3)[C@H](O)[C@H](C)O2)Oc2ccc(cc2Cl)[C@H]1O. The zero-order chi connectivity index (χ0) is 92.1. The first kappa shape index (κ1) is 95.2. The number of anilines is 1. The number of hydroxylamine groups is 1. The van der Waals surface area contributed by atoms with Crippen molar-refractivity contribution in [2.45, 2.75) is 169 Å². The van der Waals surface area contributed by atoms with Gasteiger partial charge in [0.15, 0.2) is 23.9 Å². The molecular formula is C82H90Cl4N12O28S. The molecule has 0 aliphatic carbocycles. The van der Waals surface area contributed by atoms with E-state index in [4.69, 9.17) is 85.4 Å². The van der Waals surface area contributed by atoms with Crippen molar-refractivity contribution in [3.05, 3.63) is 175 Å². The lowest BCUT2D eigenvalue weighted by atomic mass is 9.84. The van der Waals surface area contributed by atoms with Crippen LogP contribution in [0.15, 0.2) is 116 Å². The number of nitrogens with one attached hydrogen (secondary N) is 10. The summed E-state index contributed by atoms with van der Waals surface area (Å²) in [4.78, 5) is 143. The summed E-state index contributed by atoms with van der Waals surface area (Å²) in [6.07, 6.45) is -17.4. The number of phenols is 3. The number of aliphatic hydroxyl groups excluding tert-OH is 6. The lowest BCUT2D eigenvalue weighted by Crippen LogP contribution is -2.65. The molecule has 7 aliphatic heterocycles. The molecule has 9 amide bonds. The number of aromatic hydroxyl groups is 3. The van der Waals surface area contributed by atoms with Crippen LogP contribution in [0.5, 0.6) is 46.0 Å². The molecule has 1 aromatic heterocycles. The molecule has 8 heterocycles. The van der Waals surface area contributed by atoms with Gasteiger partial charge in [0, 0.05) is 63.8 Å². The Morgan fingerprint density at radius 1 is 0.709 bits per heavy atom. The molecular weight excluding hydrogens is 1770 g/mol. The third kappa shape index (κ3) is 22.4. The van der Waals surface area contributed by atoms with Gasteiger partial charge >= 0.3 is 0 Å². The highest BCUT2D eigenvalue weighted by Gasteiger charge is 2.52. The Balaban J connectivity index is 1.02. The average molecular weight is 1870 g/mol. The van der Waals surface area contributed by atoms with Crippen molar-refractivity contribution in [2.75, 3.05) is 31.3 Å². The van der Waals surface area contributed by atoms with Gasteiger partial charge in [0.25, 0.3) is 21.9 Å². The minimum Gasteiger partial charge on any atom is -0.508 e. The Morgan fingerprint density at radius 2 is 1.35 bits per heavy atom. The van der Waals surface area contributed by atoms with Gasteiger partial charge in [-0.2, -0.15) is 8.42 Å². The topological polar surface area (TPSA) is 614 Å². The number of ether oxygens (including phenoxy) is 6. The predicted molar refractivity (Wildman–Crippen MR) is 448 cm³/mol. The van der Waals surface area contributed by atoms with E-state index in [1.165, 1.54) is 56.7 Å². The molecule has 6 aromatic carbocycles. The van der Waals surface area contributed by atoms with Crippen molar-refractivity contribution in [3.63, 3.8) is 0 Å². The summed E-state index contributed by atoms with van der Waals surface area (Å²) in [5, 5.41) is 130. The number of phenolic OH excluding ortho intramolecular Hbond substituents is 3. The van der Waals surface area contributed by atoms with Crippen LogP contribution in [0.4, 0.5) is 5.69 Å². The summed E-state index contributed by atoms with van der Waals surface area (Å²) in [5.74, 6) is -17.7. The quantitative estimate of drug-likeness (QED) is 0.0248. The van der Waals surface area contributed by atoms with Crippen molar-refractivity contribution in [2.24, 2.45) is 11.7 Å². The third-order valence-electron chi connectivity index (χ3n) is 21.4. The Labute approximate surface area is 743 Å². The summed E-state index contributed by atoms with van der Waals surface area (Å²) in [7, 11) is -3.09. The summed E-state index contributed by atoms with van der Waals surface area (Å²) in [6.45, 7) is 5.01. The molecule has 22 N–H and O–H groups in total. The second-order valence-corrected chi connectivity index (χ2v) is 34.5. The van der Waals surface area contributed by atoms with Gasteiger partial charge in [-0.3, -0.25) is 57.5 Å². The number of amides is 9. The molecule has 45 heteroatoms. The molecule has 11 bridgehead atoms. The van der Waals surface area contributed by atoms with Gasteiger partial charge in [0.2, 0.25) is 53.4 Å².